The Balaban J connectivity index is 2.69. The number of hydrogen-bond donors (Lipinski definition) is 1. The Hall–Kier alpha value is -3.01. The lowest BCUT2D eigenvalue weighted by Gasteiger charge is -2.14. The van der Waals surface area contributed by atoms with Gasteiger partial charge in [0.2, 0.25) is 0 Å². The lowest BCUT2D eigenvalue weighted by atomic mass is 10.1. The van der Waals surface area contributed by atoms with Gasteiger partial charge in [0.05, 0.1) is 26.3 Å². The molecule has 25 heavy (non-hydrogen) atoms. The lowest BCUT2D eigenvalue weighted by molar-refractivity contribution is -0.384. The number of hydrogen-bond acceptors (Lipinski definition) is 5. The number of nitriles is 2. The van der Waals surface area contributed by atoms with Crippen LogP contribution in [0.1, 0.15) is 11.1 Å². The quantitative estimate of drug-likeness (QED) is 0.463. The van der Waals surface area contributed by atoms with Gasteiger partial charge < -0.3 is 5.32 Å². The highest BCUT2D eigenvalue weighted by atomic mass is 35.5. The predicted octanol–water partition coefficient (Wildman–Crippen LogP) is 4.81. The number of nitrogens with zero attached hydrogens (tertiary/aromatic N) is 3. The highest BCUT2D eigenvalue weighted by Crippen LogP contribution is 2.39. The molecule has 0 amide bonds. The Morgan fingerprint density at radius 1 is 0.960 bits per heavy atom. The van der Waals surface area contributed by atoms with E-state index in [1.54, 1.807) is 0 Å². The maximum absolute atomic E-state index is 14.1. The number of non-ortho nitro benzene ring substituents is 1. The molecule has 0 aliphatic heterocycles. The summed E-state index contributed by atoms with van der Waals surface area (Å²) in [6.07, 6.45) is 0. The first-order valence-electron chi connectivity index (χ1n) is 6.14. The Morgan fingerprint density at radius 2 is 1.48 bits per heavy atom. The van der Waals surface area contributed by atoms with Crippen molar-refractivity contribution in [3.63, 3.8) is 0 Å². The predicted molar refractivity (Wildman–Crippen MR) is 82.1 cm³/mol. The summed E-state index contributed by atoms with van der Waals surface area (Å²) in [4.78, 5) is 9.94. The molecule has 0 aliphatic carbocycles. The summed E-state index contributed by atoms with van der Waals surface area (Å²) in [6, 6.07) is 4.16. The van der Waals surface area contributed by atoms with Gasteiger partial charge in [0.1, 0.15) is 23.3 Å². The third kappa shape index (κ3) is 3.15. The maximum Gasteiger partial charge on any atom is 0.272 e. The second kappa shape index (κ2) is 6.85. The van der Waals surface area contributed by atoms with E-state index < -0.39 is 44.9 Å². The monoisotopic (exact) mass is 386 g/mol. The van der Waals surface area contributed by atoms with Crippen LogP contribution in [0, 0.1) is 50.2 Å². The highest BCUT2D eigenvalue weighted by molar-refractivity contribution is 6.39. The highest BCUT2D eigenvalue weighted by Gasteiger charge is 2.26. The van der Waals surface area contributed by atoms with E-state index in [2.05, 4.69) is 5.32 Å². The van der Waals surface area contributed by atoms with E-state index in [0.29, 0.717) is 0 Å². The van der Waals surface area contributed by atoms with E-state index in [1.807, 2.05) is 0 Å². The molecule has 11 heteroatoms. The third-order valence-electron chi connectivity index (χ3n) is 3.03. The van der Waals surface area contributed by atoms with Crippen molar-refractivity contribution < 1.29 is 18.1 Å². The van der Waals surface area contributed by atoms with Crippen LogP contribution in [-0.2, 0) is 0 Å². The normalized spacial score (nSPS) is 10.0. The molecule has 0 fully saturated rings. The van der Waals surface area contributed by atoms with E-state index in [1.165, 1.54) is 6.07 Å². The van der Waals surface area contributed by atoms with Gasteiger partial charge in [-0.2, -0.15) is 10.5 Å². The average Bonchev–Trinajstić information content (AvgIpc) is 2.55. The molecule has 0 heterocycles. The topological polar surface area (TPSA) is 103 Å². The standard InChI is InChI=1S/C14H3Cl2F3N4O2/c15-8-1-5(23(24)25)2-9(16)14(8)22-13-7(4-21)10(17)6(3-20)11(18)12(13)19/h1-2,22H. The summed E-state index contributed by atoms with van der Waals surface area (Å²) in [7, 11) is 0. The molecular formula is C14H3Cl2F3N4O2. The zero-order valence-electron chi connectivity index (χ0n) is 11.7. The Morgan fingerprint density at radius 3 is 1.92 bits per heavy atom. The van der Waals surface area contributed by atoms with Gasteiger partial charge in [0, 0.05) is 12.1 Å². The zero-order valence-corrected chi connectivity index (χ0v) is 13.2. The first-order valence-corrected chi connectivity index (χ1v) is 6.89. The molecule has 2 rings (SSSR count). The van der Waals surface area contributed by atoms with E-state index in [0.717, 1.165) is 18.2 Å². The first-order chi connectivity index (χ1) is 11.7. The van der Waals surface area contributed by atoms with Crippen molar-refractivity contribution in [1.29, 1.82) is 10.5 Å². The van der Waals surface area contributed by atoms with Crippen LogP contribution < -0.4 is 5.32 Å². The minimum atomic E-state index is -1.81. The minimum Gasteiger partial charge on any atom is -0.349 e. The second-order valence-corrected chi connectivity index (χ2v) is 5.27. The van der Waals surface area contributed by atoms with Gasteiger partial charge in [-0.05, 0) is 0 Å². The fourth-order valence-corrected chi connectivity index (χ4v) is 2.46. The van der Waals surface area contributed by atoms with E-state index in [-0.39, 0.29) is 15.7 Å². The third-order valence-corrected chi connectivity index (χ3v) is 3.63. The number of halogens is 5. The molecule has 0 saturated carbocycles. The van der Waals surface area contributed by atoms with Crippen molar-refractivity contribution in [2.75, 3.05) is 5.32 Å². The van der Waals surface area contributed by atoms with Crippen molar-refractivity contribution in [2.45, 2.75) is 0 Å². The van der Waals surface area contributed by atoms with Crippen molar-refractivity contribution in [3.05, 3.63) is 60.9 Å². The van der Waals surface area contributed by atoms with Gasteiger partial charge in [0.25, 0.3) is 5.69 Å². The van der Waals surface area contributed by atoms with Crippen LogP contribution in [0.4, 0.5) is 30.2 Å². The number of nitro groups is 1. The minimum absolute atomic E-state index is 0.312. The average molecular weight is 387 g/mol. The molecule has 0 bridgehead atoms. The number of rotatable bonds is 3. The lowest BCUT2D eigenvalue weighted by Crippen LogP contribution is -2.07. The molecule has 0 spiro atoms. The molecule has 126 valence electrons. The number of anilines is 2. The van der Waals surface area contributed by atoms with Crippen molar-refractivity contribution in [1.82, 2.24) is 0 Å². The Labute approximate surface area is 147 Å². The summed E-state index contributed by atoms with van der Waals surface area (Å²) < 4.78 is 41.9. The van der Waals surface area contributed by atoms with Gasteiger partial charge >= 0.3 is 0 Å². The van der Waals surface area contributed by atoms with Gasteiger partial charge in [-0.25, -0.2) is 13.2 Å². The molecule has 0 aromatic heterocycles. The van der Waals surface area contributed by atoms with Crippen molar-refractivity contribution in [2.24, 2.45) is 0 Å². The van der Waals surface area contributed by atoms with E-state index in [4.69, 9.17) is 33.7 Å². The molecule has 2 aromatic carbocycles. The molecule has 0 unspecified atom stereocenters. The fourth-order valence-electron chi connectivity index (χ4n) is 1.89. The van der Waals surface area contributed by atoms with Gasteiger partial charge in [-0.15, -0.1) is 0 Å². The van der Waals surface area contributed by atoms with Crippen LogP contribution in [0.3, 0.4) is 0 Å². The summed E-state index contributed by atoms with van der Waals surface area (Å²) in [6.45, 7) is 0. The zero-order chi connectivity index (χ0) is 18.9. The number of nitrogens with one attached hydrogen (secondary N) is 1. The van der Waals surface area contributed by atoms with E-state index in [9.17, 15) is 23.3 Å². The molecular weight excluding hydrogens is 384 g/mol. The largest absolute Gasteiger partial charge is 0.349 e. The molecule has 0 saturated heterocycles. The van der Waals surface area contributed by atoms with Gasteiger partial charge in [-0.3, -0.25) is 10.1 Å². The number of benzene rings is 2. The SMILES string of the molecule is N#Cc1c(F)c(F)c(Nc2c(Cl)cc([N+](=O)[O-])cc2Cl)c(C#N)c1F. The summed E-state index contributed by atoms with van der Waals surface area (Å²) in [5.74, 6) is -5.09. The summed E-state index contributed by atoms with van der Waals surface area (Å²) in [5, 5.41) is 29.8. The Kier molecular flexibility index (Phi) is 5.02. The summed E-state index contributed by atoms with van der Waals surface area (Å²) >= 11 is 11.6. The van der Waals surface area contributed by atoms with Gasteiger partial charge in [-0.1, -0.05) is 23.2 Å². The van der Waals surface area contributed by atoms with Crippen molar-refractivity contribution in [3.8, 4) is 12.1 Å². The van der Waals surface area contributed by atoms with Crippen LogP contribution in [0.5, 0.6) is 0 Å². The summed E-state index contributed by atoms with van der Waals surface area (Å²) in [5.41, 5.74) is -3.98. The van der Waals surface area contributed by atoms with Crippen LogP contribution >= 0.6 is 23.2 Å². The number of nitro benzene ring substituents is 1. The molecule has 1 N–H and O–H groups in total. The van der Waals surface area contributed by atoms with Gasteiger partial charge in [0.15, 0.2) is 17.5 Å². The van der Waals surface area contributed by atoms with Crippen LogP contribution in [0.25, 0.3) is 0 Å². The van der Waals surface area contributed by atoms with Crippen LogP contribution in [0.15, 0.2) is 12.1 Å². The van der Waals surface area contributed by atoms with E-state index >= 15 is 0 Å². The molecule has 0 atom stereocenters. The molecule has 0 aliphatic rings. The second-order valence-electron chi connectivity index (χ2n) is 4.46. The van der Waals surface area contributed by atoms with Crippen molar-refractivity contribution >= 4 is 40.3 Å². The van der Waals surface area contributed by atoms with Crippen LogP contribution in [-0.4, -0.2) is 4.92 Å². The Bertz CT molecular complexity index is 976. The first kappa shape index (κ1) is 18.3. The molecule has 0 radical (unpaired) electrons. The molecule has 2 aromatic rings. The molecule has 6 nitrogen and oxygen atoms in total. The fraction of sp³-hybridized carbons (Fsp3) is 0. The maximum atomic E-state index is 14.1. The smallest absolute Gasteiger partial charge is 0.272 e. The van der Waals surface area contributed by atoms with Crippen LogP contribution in [0.2, 0.25) is 10.0 Å².